The zero-order valence-electron chi connectivity index (χ0n) is 9.08. The molecule has 14 heavy (non-hydrogen) atoms. The third-order valence-electron chi connectivity index (χ3n) is 2.18. The molecule has 0 spiro atoms. The lowest BCUT2D eigenvalue weighted by Crippen LogP contribution is -2.03. The average Bonchev–Trinajstić information content (AvgIpc) is 2.21. The van der Waals surface area contributed by atoms with Crippen LogP contribution in [0.1, 0.15) is 19.8 Å². The van der Waals surface area contributed by atoms with E-state index in [-0.39, 0.29) is 0 Å². The summed E-state index contributed by atoms with van der Waals surface area (Å²) >= 11 is 0. The Labute approximate surface area is 87.7 Å². The molecule has 2 N–H and O–H groups in total. The molecule has 1 nitrogen and oxygen atoms in total. The van der Waals surface area contributed by atoms with Crippen LogP contribution < -0.4 is 5.73 Å². The van der Waals surface area contributed by atoms with Gasteiger partial charge in [-0.25, -0.2) is 0 Å². The second kappa shape index (κ2) is 8.52. The topological polar surface area (TPSA) is 26.0 Å². The van der Waals surface area contributed by atoms with Crippen molar-refractivity contribution in [3.63, 3.8) is 0 Å². The predicted octanol–water partition coefficient (Wildman–Crippen LogP) is 3.22. The second-order valence-corrected chi connectivity index (χ2v) is 3.32. The van der Waals surface area contributed by atoms with Crippen molar-refractivity contribution in [3.8, 4) is 0 Å². The average molecular weight is 191 g/mol. The van der Waals surface area contributed by atoms with Gasteiger partial charge in [0.05, 0.1) is 0 Å². The van der Waals surface area contributed by atoms with E-state index in [1.807, 2.05) is 18.2 Å². The van der Waals surface area contributed by atoms with Gasteiger partial charge in [-0.1, -0.05) is 50.5 Å². The minimum absolute atomic E-state index is 0.533. The molecule has 0 radical (unpaired) electrons. The Morgan fingerprint density at radius 2 is 2.07 bits per heavy atom. The fraction of sp³-hybridized carbons (Fsp3) is 0.385. The summed E-state index contributed by atoms with van der Waals surface area (Å²) in [5, 5.41) is 0. The summed E-state index contributed by atoms with van der Waals surface area (Å²) in [7, 11) is 0. The molecule has 0 aliphatic rings. The molecule has 1 heteroatoms. The number of nitrogens with two attached hydrogens (primary N) is 1. The lowest BCUT2D eigenvalue weighted by molar-refractivity contribution is 0.595. The molecule has 0 bridgehead atoms. The highest BCUT2D eigenvalue weighted by atomic mass is 14.5. The first-order valence-electron chi connectivity index (χ1n) is 5.08. The Morgan fingerprint density at radius 1 is 1.36 bits per heavy atom. The lowest BCUT2D eigenvalue weighted by Gasteiger charge is -2.11. The molecule has 0 aromatic heterocycles. The molecule has 0 rings (SSSR count). The van der Waals surface area contributed by atoms with Crippen LogP contribution in [0.5, 0.6) is 0 Å². The van der Waals surface area contributed by atoms with Crippen molar-refractivity contribution < 1.29 is 0 Å². The molecule has 0 amide bonds. The zero-order valence-corrected chi connectivity index (χ0v) is 9.08. The summed E-state index contributed by atoms with van der Waals surface area (Å²) in [6, 6.07) is 0. The van der Waals surface area contributed by atoms with Crippen molar-refractivity contribution in [2.45, 2.75) is 19.8 Å². The largest absolute Gasteiger partial charge is 0.330 e. The maximum Gasteiger partial charge on any atom is -0.00771 e. The van der Waals surface area contributed by atoms with E-state index in [0.29, 0.717) is 5.92 Å². The zero-order chi connectivity index (χ0) is 10.8. The van der Waals surface area contributed by atoms with E-state index >= 15 is 0 Å². The third-order valence-corrected chi connectivity index (χ3v) is 2.18. The second-order valence-electron chi connectivity index (χ2n) is 3.32. The quantitative estimate of drug-likeness (QED) is 0.614. The van der Waals surface area contributed by atoms with Gasteiger partial charge in [0.2, 0.25) is 0 Å². The normalized spacial score (nSPS) is 14.3. The van der Waals surface area contributed by atoms with Gasteiger partial charge in [-0.05, 0) is 30.9 Å². The van der Waals surface area contributed by atoms with Gasteiger partial charge in [-0.3, -0.25) is 0 Å². The molecule has 0 unspecified atom stereocenters. The van der Waals surface area contributed by atoms with Crippen molar-refractivity contribution in [1.82, 2.24) is 0 Å². The number of allylic oxidation sites excluding steroid dienone is 6. The summed E-state index contributed by atoms with van der Waals surface area (Å²) in [5.74, 6) is 0.533. The van der Waals surface area contributed by atoms with Crippen molar-refractivity contribution >= 4 is 0 Å². The number of hydrogen-bond acceptors (Lipinski definition) is 1. The predicted molar refractivity (Wildman–Crippen MR) is 65.1 cm³/mol. The highest BCUT2D eigenvalue weighted by Crippen LogP contribution is 2.17. The molecule has 78 valence electrons. The Morgan fingerprint density at radius 3 is 2.57 bits per heavy atom. The van der Waals surface area contributed by atoms with Gasteiger partial charge < -0.3 is 5.73 Å². The summed E-state index contributed by atoms with van der Waals surface area (Å²) in [6.45, 7) is 10.4. The highest BCUT2D eigenvalue weighted by Gasteiger charge is 2.03. The van der Waals surface area contributed by atoms with Gasteiger partial charge in [0.25, 0.3) is 0 Å². The lowest BCUT2D eigenvalue weighted by atomic mass is 9.95. The van der Waals surface area contributed by atoms with Crippen molar-refractivity contribution in [1.29, 1.82) is 0 Å². The van der Waals surface area contributed by atoms with Crippen LogP contribution in [-0.2, 0) is 0 Å². The van der Waals surface area contributed by atoms with E-state index in [1.54, 1.807) is 6.08 Å². The molecule has 0 fully saturated rings. The first kappa shape index (κ1) is 12.9. The van der Waals surface area contributed by atoms with Crippen molar-refractivity contribution in [2.24, 2.45) is 11.7 Å². The fourth-order valence-corrected chi connectivity index (χ4v) is 1.27. The van der Waals surface area contributed by atoms with E-state index in [0.717, 1.165) is 19.4 Å². The minimum atomic E-state index is 0.533. The standard InChI is InChI=1S/C13H21N/c1-4-6-7-10-13(5-2)12(3)9-8-11-14/h4-7,10,12H,1-2,8-9,11,14H2,3H3/b7-6-,13-10+/t12-/m1/s1. The molecule has 1 atom stereocenters. The van der Waals surface area contributed by atoms with Gasteiger partial charge in [0.1, 0.15) is 0 Å². The van der Waals surface area contributed by atoms with Crippen LogP contribution in [0.2, 0.25) is 0 Å². The Bertz CT molecular complexity index is 223. The highest BCUT2D eigenvalue weighted by molar-refractivity contribution is 5.25. The maximum atomic E-state index is 5.47. The van der Waals surface area contributed by atoms with E-state index in [4.69, 9.17) is 5.73 Å². The summed E-state index contributed by atoms with van der Waals surface area (Å²) in [6.07, 6.45) is 11.8. The minimum Gasteiger partial charge on any atom is -0.330 e. The van der Waals surface area contributed by atoms with E-state index in [2.05, 4.69) is 26.2 Å². The van der Waals surface area contributed by atoms with Crippen molar-refractivity contribution in [2.75, 3.05) is 6.54 Å². The summed E-state index contributed by atoms with van der Waals surface area (Å²) in [5.41, 5.74) is 6.73. The van der Waals surface area contributed by atoms with Gasteiger partial charge >= 0.3 is 0 Å². The number of hydrogen-bond donors (Lipinski definition) is 1. The Kier molecular flexibility index (Phi) is 7.86. The van der Waals surface area contributed by atoms with Crippen LogP contribution in [0.4, 0.5) is 0 Å². The number of rotatable bonds is 7. The first-order chi connectivity index (χ1) is 6.76. The molecule has 0 aliphatic heterocycles. The molecule has 0 aromatic carbocycles. The van der Waals surface area contributed by atoms with E-state index in [9.17, 15) is 0 Å². The van der Waals surface area contributed by atoms with Crippen LogP contribution in [0.25, 0.3) is 0 Å². The van der Waals surface area contributed by atoms with Crippen LogP contribution in [0.15, 0.2) is 49.1 Å². The Hall–Kier alpha value is -1.08. The molecule has 0 aromatic rings. The molecular formula is C13H21N. The molecule has 0 saturated carbocycles. The van der Waals surface area contributed by atoms with E-state index in [1.165, 1.54) is 5.57 Å². The molecule has 0 saturated heterocycles. The van der Waals surface area contributed by atoms with Crippen molar-refractivity contribution in [3.05, 3.63) is 49.1 Å². The fourth-order valence-electron chi connectivity index (χ4n) is 1.27. The first-order valence-corrected chi connectivity index (χ1v) is 5.08. The van der Waals surface area contributed by atoms with Gasteiger partial charge in [-0.2, -0.15) is 0 Å². The van der Waals surface area contributed by atoms with Crippen LogP contribution >= 0.6 is 0 Å². The summed E-state index contributed by atoms with van der Waals surface area (Å²) < 4.78 is 0. The Balaban J connectivity index is 4.23. The van der Waals surface area contributed by atoms with Crippen LogP contribution in [0, 0.1) is 5.92 Å². The molecular weight excluding hydrogens is 170 g/mol. The van der Waals surface area contributed by atoms with Gasteiger partial charge in [0.15, 0.2) is 0 Å². The van der Waals surface area contributed by atoms with Crippen LogP contribution in [0.3, 0.4) is 0 Å². The SMILES string of the molecule is C=C/C=C\C=C(/C=C)[C@H](C)CCCN. The van der Waals surface area contributed by atoms with Gasteiger partial charge in [-0.15, -0.1) is 0 Å². The summed E-state index contributed by atoms with van der Waals surface area (Å²) in [4.78, 5) is 0. The smallest absolute Gasteiger partial charge is 0.00771 e. The van der Waals surface area contributed by atoms with Crippen LogP contribution in [-0.4, -0.2) is 6.54 Å². The monoisotopic (exact) mass is 191 g/mol. The maximum absolute atomic E-state index is 5.47. The third kappa shape index (κ3) is 5.55. The van der Waals surface area contributed by atoms with Gasteiger partial charge in [0, 0.05) is 0 Å². The molecule has 0 aliphatic carbocycles. The molecule has 0 heterocycles. The van der Waals surface area contributed by atoms with E-state index < -0.39 is 0 Å².